The van der Waals surface area contributed by atoms with E-state index in [-0.39, 0.29) is 18.2 Å². The minimum atomic E-state index is -0.838. The van der Waals surface area contributed by atoms with E-state index in [2.05, 4.69) is 5.32 Å². The number of carboxylic acid groups (broad SMARTS) is 1. The average molecular weight is 241 g/mol. The van der Waals surface area contributed by atoms with E-state index in [1.54, 1.807) is 6.92 Å². The summed E-state index contributed by atoms with van der Waals surface area (Å²) in [5, 5.41) is 20.6. The Kier molecular flexibility index (Phi) is 4.90. The Morgan fingerprint density at radius 3 is 2.82 bits per heavy atom. The Labute approximate surface area is 99.1 Å². The van der Waals surface area contributed by atoms with Crippen molar-refractivity contribution in [3.05, 3.63) is 29.6 Å². The molecular formula is C12H16FNO3. The van der Waals surface area contributed by atoms with Crippen molar-refractivity contribution in [2.75, 3.05) is 6.54 Å². The number of nitrogens with one attached hydrogen (secondary N) is 1. The molecule has 0 saturated heterocycles. The van der Waals surface area contributed by atoms with Crippen LogP contribution in [0.2, 0.25) is 0 Å². The van der Waals surface area contributed by atoms with Crippen LogP contribution in [0.5, 0.6) is 5.75 Å². The number of hydrogen-bond acceptors (Lipinski definition) is 3. The maximum Gasteiger partial charge on any atom is 0.303 e. The Balaban J connectivity index is 2.46. The van der Waals surface area contributed by atoms with Gasteiger partial charge in [-0.1, -0.05) is 6.07 Å². The van der Waals surface area contributed by atoms with Crippen LogP contribution >= 0.6 is 0 Å². The zero-order valence-electron chi connectivity index (χ0n) is 9.61. The van der Waals surface area contributed by atoms with Crippen LogP contribution in [0.25, 0.3) is 0 Å². The molecule has 1 aromatic carbocycles. The third-order valence-electron chi connectivity index (χ3n) is 2.47. The average Bonchev–Trinajstić information content (AvgIpc) is 2.23. The van der Waals surface area contributed by atoms with Crippen molar-refractivity contribution < 1.29 is 19.4 Å². The molecule has 17 heavy (non-hydrogen) atoms. The molecule has 0 amide bonds. The second-order valence-electron chi connectivity index (χ2n) is 3.88. The highest BCUT2D eigenvalue weighted by Crippen LogP contribution is 2.20. The van der Waals surface area contributed by atoms with Crippen molar-refractivity contribution in [2.24, 2.45) is 0 Å². The summed E-state index contributed by atoms with van der Waals surface area (Å²) in [6.07, 6.45) is 0.594. The van der Waals surface area contributed by atoms with Gasteiger partial charge in [0.25, 0.3) is 0 Å². The van der Waals surface area contributed by atoms with Crippen molar-refractivity contribution in [3.8, 4) is 5.75 Å². The molecule has 0 saturated carbocycles. The van der Waals surface area contributed by atoms with Gasteiger partial charge in [-0.25, -0.2) is 4.39 Å². The number of rotatable bonds is 6. The zero-order valence-corrected chi connectivity index (χ0v) is 9.61. The Bertz CT molecular complexity index is 395. The van der Waals surface area contributed by atoms with Gasteiger partial charge in [0.2, 0.25) is 0 Å². The maximum absolute atomic E-state index is 13.4. The smallest absolute Gasteiger partial charge is 0.303 e. The standard InChI is InChI=1S/C12H16FNO3/c1-8(14-6-2-3-12(16)17)10-5-4-9(15)7-11(10)13/h4-5,7-8,14-15H,2-3,6H2,1H3,(H,16,17). The molecule has 3 N–H and O–H groups in total. The predicted molar refractivity (Wildman–Crippen MR) is 61.4 cm³/mol. The lowest BCUT2D eigenvalue weighted by Gasteiger charge is -2.14. The summed E-state index contributed by atoms with van der Waals surface area (Å²) in [4.78, 5) is 10.3. The Morgan fingerprint density at radius 2 is 2.24 bits per heavy atom. The molecule has 0 spiro atoms. The largest absolute Gasteiger partial charge is 0.508 e. The summed E-state index contributed by atoms with van der Waals surface area (Å²) >= 11 is 0. The first-order chi connectivity index (χ1) is 8.00. The number of carbonyl (C=O) groups is 1. The van der Waals surface area contributed by atoms with Crippen LogP contribution in [-0.2, 0) is 4.79 Å². The molecule has 0 heterocycles. The van der Waals surface area contributed by atoms with Gasteiger partial charge in [0.1, 0.15) is 11.6 Å². The van der Waals surface area contributed by atoms with Crippen LogP contribution in [0.4, 0.5) is 4.39 Å². The van der Waals surface area contributed by atoms with Crippen molar-refractivity contribution in [3.63, 3.8) is 0 Å². The third-order valence-corrected chi connectivity index (χ3v) is 2.47. The van der Waals surface area contributed by atoms with Gasteiger partial charge >= 0.3 is 5.97 Å². The molecule has 0 radical (unpaired) electrons. The van der Waals surface area contributed by atoms with E-state index in [1.807, 2.05) is 0 Å². The summed E-state index contributed by atoms with van der Waals surface area (Å²) in [6.45, 7) is 2.30. The van der Waals surface area contributed by atoms with Crippen molar-refractivity contribution in [1.82, 2.24) is 5.32 Å². The lowest BCUT2D eigenvalue weighted by molar-refractivity contribution is -0.137. The predicted octanol–water partition coefficient (Wildman–Crippen LogP) is 2.05. The molecule has 0 aromatic heterocycles. The molecule has 0 aliphatic carbocycles. The van der Waals surface area contributed by atoms with E-state index in [1.165, 1.54) is 12.1 Å². The number of aromatic hydroxyl groups is 1. The number of phenols is 1. The van der Waals surface area contributed by atoms with E-state index >= 15 is 0 Å². The number of halogens is 1. The van der Waals surface area contributed by atoms with Gasteiger partial charge in [0.05, 0.1) is 0 Å². The summed E-state index contributed by atoms with van der Waals surface area (Å²) in [7, 11) is 0. The summed E-state index contributed by atoms with van der Waals surface area (Å²) in [5.41, 5.74) is 0.457. The molecule has 0 fully saturated rings. The van der Waals surface area contributed by atoms with Crippen LogP contribution in [0.1, 0.15) is 31.4 Å². The van der Waals surface area contributed by atoms with Crippen LogP contribution in [0, 0.1) is 5.82 Å². The number of phenolic OH excluding ortho intramolecular Hbond substituents is 1. The van der Waals surface area contributed by atoms with Gasteiger partial charge in [-0.2, -0.15) is 0 Å². The summed E-state index contributed by atoms with van der Waals surface area (Å²) < 4.78 is 13.4. The summed E-state index contributed by atoms with van der Waals surface area (Å²) in [5.74, 6) is -1.41. The third kappa shape index (κ3) is 4.40. The molecule has 0 aliphatic rings. The Hall–Kier alpha value is -1.62. The van der Waals surface area contributed by atoms with E-state index in [0.717, 1.165) is 6.07 Å². The number of carboxylic acids is 1. The van der Waals surface area contributed by atoms with Gasteiger partial charge in [0, 0.05) is 24.1 Å². The fourth-order valence-corrected chi connectivity index (χ4v) is 1.54. The fourth-order valence-electron chi connectivity index (χ4n) is 1.54. The molecule has 1 unspecified atom stereocenters. The van der Waals surface area contributed by atoms with Gasteiger partial charge in [-0.15, -0.1) is 0 Å². The normalized spacial score (nSPS) is 12.4. The second kappa shape index (κ2) is 6.20. The lowest BCUT2D eigenvalue weighted by Crippen LogP contribution is -2.21. The highest BCUT2D eigenvalue weighted by Gasteiger charge is 2.10. The first-order valence-electron chi connectivity index (χ1n) is 5.44. The van der Waals surface area contributed by atoms with Crippen LogP contribution in [0.3, 0.4) is 0 Å². The van der Waals surface area contributed by atoms with Gasteiger partial charge < -0.3 is 15.5 Å². The molecular weight excluding hydrogens is 225 g/mol. The molecule has 94 valence electrons. The number of benzene rings is 1. The highest BCUT2D eigenvalue weighted by molar-refractivity contribution is 5.66. The highest BCUT2D eigenvalue weighted by atomic mass is 19.1. The van der Waals surface area contributed by atoms with Gasteiger partial charge in [0.15, 0.2) is 0 Å². The molecule has 0 bridgehead atoms. The molecule has 1 rings (SSSR count). The minimum Gasteiger partial charge on any atom is -0.508 e. The maximum atomic E-state index is 13.4. The first-order valence-corrected chi connectivity index (χ1v) is 5.44. The molecule has 0 aliphatic heterocycles. The van der Waals surface area contributed by atoms with Crippen molar-refractivity contribution >= 4 is 5.97 Å². The fraction of sp³-hybridized carbons (Fsp3) is 0.417. The first kappa shape index (κ1) is 13.4. The van der Waals surface area contributed by atoms with Crippen LogP contribution in [-0.4, -0.2) is 22.7 Å². The SMILES string of the molecule is CC(NCCCC(=O)O)c1ccc(O)cc1F. The summed E-state index contributed by atoms with van der Waals surface area (Å²) in [6, 6.07) is 3.78. The zero-order chi connectivity index (χ0) is 12.8. The molecule has 1 aromatic rings. The van der Waals surface area contributed by atoms with E-state index < -0.39 is 11.8 Å². The number of hydrogen-bond donors (Lipinski definition) is 3. The van der Waals surface area contributed by atoms with Crippen molar-refractivity contribution in [2.45, 2.75) is 25.8 Å². The molecule has 1 atom stereocenters. The van der Waals surface area contributed by atoms with Gasteiger partial charge in [-0.3, -0.25) is 4.79 Å². The van der Waals surface area contributed by atoms with E-state index in [9.17, 15) is 9.18 Å². The quantitative estimate of drug-likeness (QED) is 0.667. The second-order valence-corrected chi connectivity index (χ2v) is 3.88. The topological polar surface area (TPSA) is 69.6 Å². The van der Waals surface area contributed by atoms with Gasteiger partial charge in [-0.05, 0) is 26.0 Å². The number of aliphatic carboxylic acids is 1. The van der Waals surface area contributed by atoms with E-state index in [4.69, 9.17) is 10.2 Å². The lowest BCUT2D eigenvalue weighted by atomic mass is 10.1. The minimum absolute atomic E-state index is 0.0950. The Morgan fingerprint density at radius 1 is 1.53 bits per heavy atom. The van der Waals surface area contributed by atoms with E-state index in [0.29, 0.717) is 18.5 Å². The van der Waals surface area contributed by atoms with Crippen LogP contribution < -0.4 is 5.32 Å². The monoisotopic (exact) mass is 241 g/mol. The van der Waals surface area contributed by atoms with Crippen molar-refractivity contribution in [1.29, 1.82) is 0 Å². The molecule has 5 heteroatoms. The molecule has 4 nitrogen and oxygen atoms in total. The van der Waals surface area contributed by atoms with Crippen LogP contribution in [0.15, 0.2) is 18.2 Å².